The van der Waals surface area contributed by atoms with Gasteiger partial charge in [-0.05, 0) is 66.1 Å². The van der Waals surface area contributed by atoms with Gasteiger partial charge < -0.3 is 5.32 Å². The van der Waals surface area contributed by atoms with Crippen LogP contribution in [-0.4, -0.2) is 11.1 Å². The van der Waals surface area contributed by atoms with Gasteiger partial charge in [0.05, 0.1) is 10.6 Å². The molecule has 5 heteroatoms. The summed E-state index contributed by atoms with van der Waals surface area (Å²) in [7, 11) is 0. The van der Waals surface area contributed by atoms with Gasteiger partial charge in [0.25, 0.3) is 5.91 Å². The Bertz CT molecular complexity index is 828. The molecule has 25 heavy (non-hydrogen) atoms. The molecule has 0 radical (unpaired) electrons. The van der Waals surface area contributed by atoms with E-state index in [0.29, 0.717) is 15.6 Å². The number of nitrogens with zero attached hydrogens (tertiary/aromatic N) is 1. The lowest BCUT2D eigenvalue weighted by Gasteiger charge is -2.01. The molecule has 1 heterocycles. The van der Waals surface area contributed by atoms with Crippen LogP contribution in [0.4, 0.5) is 10.1 Å². The lowest BCUT2D eigenvalue weighted by Crippen LogP contribution is -2.19. The zero-order chi connectivity index (χ0) is 17.6. The van der Waals surface area contributed by atoms with E-state index >= 15 is 0 Å². The van der Waals surface area contributed by atoms with E-state index in [1.165, 1.54) is 42.3 Å². The van der Waals surface area contributed by atoms with Crippen molar-refractivity contribution in [1.82, 2.24) is 5.32 Å². The van der Waals surface area contributed by atoms with E-state index in [1.807, 2.05) is 12.1 Å². The Morgan fingerprint density at radius 1 is 1.20 bits per heavy atom. The van der Waals surface area contributed by atoms with Crippen LogP contribution in [0.25, 0.3) is 6.08 Å². The Morgan fingerprint density at radius 2 is 2.00 bits per heavy atom. The van der Waals surface area contributed by atoms with E-state index in [9.17, 15) is 9.18 Å². The molecule has 2 aromatic rings. The molecule has 0 aliphatic carbocycles. The first-order valence-corrected chi connectivity index (χ1v) is 9.10. The lowest BCUT2D eigenvalue weighted by molar-refractivity contribution is -0.115. The minimum Gasteiger partial charge on any atom is -0.300 e. The molecule has 128 valence electrons. The number of benzene rings is 2. The van der Waals surface area contributed by atoms with Crippen molar-refractivity contribution in [2.24, 2.45) is 4.99 Å². The molecule has 0 aromatic heterocycles. The number of hydrogen-bond acceptors (Lipinski definition) is 3. The van der Waals surface area contributed by atoms with Crippen LogP contribution in [0, 0.1) is 5.82 Å². The largest absolute Gasteiger partial charge is 0.300 e. The van der Waals surface area contributed by atoms with Crippen LogP contribution < -0.4 is 5.32 Å². The van der Waals surface area contributed by atoms with Crippen molar-refractivity contribution in [2.75, 3.05) is 0 Å². The van der Waals surface area contributed by atoms with Crippen molar-refractivity contribution in [3.8, 4) is 0 Å². The standard InChI is InChI=1S/C20H19FN2OS/c1-2-3-5-14-8-10-17(11-9-14)22-20-23-19(24)18(25-20)13-15-6-4-7-16(21)12-15/h4,6-13H,2-3,5H2,1H3,(H,22,23,24)/b18-13-. The highest BCUT2D eigenvalue weighted by atomic mass is 32.2. The van der Waals surface area contributed by atoms with Crippen LogP contribution in [0.3, 0.4) is 0 Å². The van der Waals surface area contributed by atoms with Crippen LogP contribution in [0.15, 0.2) is 58.4 Å². The van der Waals surface area contributed by atoms with E-state index in [1.54, 1.807) is 18.2 Å². The van der Waals surface area contributed by atoms with Gasteiger partial charge in [-0.3, -0.25) is 4.79 Å². The summed E-state index contributed by atoms with van der Waals surface area (Å²) in [6, 6.07) is 14.2. The van der Waals surface area contributed by atoms with Crippen molar-refractivity contribution >= 4 is 34.6 Å². The van der Waals surface area contributed by atoms with E-state index in [2.05, 4.69) is 29.4 Å². The predicted molar refractivity (Wildman–Crippen MR) is 102 cm³/mol. The maximum absolute atomic E-state index is 13.3. The zero-order valence-corrected chi connectivity index (χ0v) is 14.8. The number of aryl methyl sites for hydroxylation is 1. The third kappa shape index (κ3) is 4.79. The fourth-order valence-electron chi connectivity index (χ4n) is 2.46. The molecule has 1 saturated heterocycles. The summed E-state index contributed by atoms with van der Waals surface area (Å²) in [5, 5.41) is 3.28. The highest BCUT2D eigenvalue weighted by molar-refractivity contribution is 8.18. The minimum atomic E-state index is -0.324. The molecule has 0 saturated carbocycles. The van der Waals surface area contributed by atoms with Gasteiger partial charge in [0.2, 0.25) is 0 Å². The number of unbranched alkanes of at least 4 members (excludes halogenated alkanes) is 1. The monoisotopic (exact) mass is 354 g/mol. The van der Waals surface area contributed by atoms with E-state index < -0.39 is 0 Å². The Kier molecular flexibility index (Phi) is 5.66. The topological polar surface area (TPSA) is 41.5 Å². The zero-order valence-electron chi connectivity index (χ0n) is 14.0. The number of thioether (sulfide) groups is 1. The molecule has 0 bridgehead atoms. The summed E-state index contributed by atoms with van der Waals surface area (Å²) in [5.74, 6) is -0.539. The van der Waals surface area contributed by atoms with Crippen molar-refractivity contribution in [3.05, 3.63) is 70.4 Å². The number of hydrogen-bond donors (Lipinski definition) is 1. The second-order valence-electron chi connectivity index (χ2n) is 5.81. The van der Waals surface area contributed by atoms with E-state index in [-0.39, 0.29) is 11.7 Å². The molecule has 0 atom stereocenters. The molecular weight excluding hydrogens is 335 g/mol. The van der Waals surface area contributed by atoms with Gasteiger partial charge in [0.1, 0.15) is 5.82 Å². The third-order valence-electron chi connectivity index (χ3n) is 3.78. The maximum Gasteiger partial charge on any atom is 0.264 e. The summed E-state index contributed by atoms with van der Waals surface area (Å²) in [6.45, 7) is 2.18. The second-order valence-corrected chi connectivity index (χ2v) is 6.84. The van der Waals surface area contributed by atoms with Gasteiger partial charge in [0.15, 0.2) is 5.17 Å². The molecule has 3 rings (SSSR count). The highest BCUT2D eigenvalue weighted by Gasteiger charge is 2.23. The quantitative estimate of drug-likeness (QED) is 0.763. The number of aliphatic imine (C=N–C) groups is 1. The number of carbonyl (C=O) groups is 1. The first-order valence-electron chi connectivity index (χ1n) is 8.28. The molecule has 1 aliphatic heterocycles. The molecule has 0 spiro atoms. The average molecular weight is 354 g/mol. The summed E-state index contributed by atoms with van der Waals surface area (Å²) in [4.78, 5) is 17.0. The molecule has 1 N–H and O–H groups in total. The van der Waals surface area contributed by atoms with Crippen molar-refractivity contribution in [1.29, 1.82) is 0 Å². The van der Waals surface area contributed by atoms with Crippen LogP contribution in [-0.2, 0) is 11.2 Å². The highest BCUT2D eigenvalue weighted by Crippen LogP contribution is 2.28. The number of amidine groups is 1. The molecular formula is C20H19FN2OS. The Balaban J connectivity index is 1.72. The number of carbonyl (C=O) groups excluding carboxylic acids is 1. The SMILES string of the molecule is CCCCc1ccc(N=C2NC(=O)/C(=C/c3cccc(F)c3)S2)cc1. The van der Waals surface area contributed by atoms with Crippen molar-refractivity contribution < 1.29 is 9.18 Å². The predicted octanol–water partition coefficient (Wildman–Crippen LogP) is 5.06. The fourth-order valence-corrected chi connectivity index (χ4v) is 3.31. The normalized spacial score (nSPS) is 17.3. The summed E-state index contributed by atoms with van der Waals surface area (Å²) < 4.78 is 13.3. The van der Waals surface area contributed by atoms with E-state index in [0.717, 1.165) is 12.1 Å². The molecule has 3 nitrogen and oxygen atoms in total. The molecule has 1 amide bonds. The number of amides is 1. The smallest absolute Gasteiger partial charge is 0.264 e. The van der Waals surface area contributed by atoms with Crippen LogP contribution in [0.2, 0.25) is 0 Å². The van der Waals surface area contributed by atoms with Crippen molar-refractivity contribution in [3.63, 3.8) is 0 Å². The van der Waals surface area contributed by atoms with Gasteiger partial charge in [-0.2, -0.15) is 0 Å². The van der Waals surface area contributed by atoms with Crippen LogP contribution in [0.5, 0.6) is 0 Å². The average Bonchev–Trinajstić information content (AvgIpc) is 2.93. The van der Waals surface area contributed by atoms with Gasteiger partial charge >= 0.3 is 0 Å². The second kappa shape index (κ2) is 8.12. The summed E-state index contributed by atoms with van der Waals surface area (Å²) >= 11 is 1.26. The number of nitrogens with one attached hydrogen (secondary N) is 1. The minimum absolute atomic E-state index is 0.215. The Hall–Kier alpha value is -2.40. The van der Waals surface area contributed by atoms with E-state index in [4.69, 9.17) is 0 Å². The molecule has 1 aliphatic rings. The summed E-state index contributed by atoms with van der Waals surface area (Å²) in [5.41, 5.74) is 2.75. The first-order chi connectivity index (χ1) is 12.1. The molecule has 2 aromatic carbocycles. The molecule has 1 fully saturated rings. The molecule has 0 unspecified atom stereocenters. The first kappa shape index (κ1) is 17.4. The summed E-state index contributed by atoms with van der Waals surface area (Å²) in [6.07, 6.45) is 5.08. The van der Waals surface area contributed by atoms with Gasteiger partial charge in [0, 0.05) is 0 Å². The Labute approximate surface area is 151 Å². The Morgan fingerprint density at radius 3 is 2.72 bits per heavy atom. The van der Waals surface area contributed by atoms with Crippen LogP contribution >= 0.6 is 11.8 Å². The number of halogens is 1. The fraction of sp³-hybridized carbons (Fsp3) is 0.200. The van der Waals surface area contributed by atoms with Gasteiger partial charge in [-0.1, -0.05) is 37.6 Å². The van der Waals surface area contributed by atoms with Crippen LogP contribution in [0.1, 0.15) is 30.9 Å². The van der Waals surface area contributed by atoms with Gasteiger partial charge in [-0.15, -0.1) is 0 Å². The van der Waals surface area contributed by atoms with Gasteiger partial charge in [-0.25, -0.2) is 9.38 Å². The van der Waals surface area contributed by atoms with Crippen molar-refractivity contribution in [2.45, 2.75) is 26.2 Å². The lowest BCUT2D eigenvalue weighted by atomic mass is 10.1. The maximum atomic E-state index is 13.3. The third-order valence-corrected chi connectivity index (χ3v) is 4.69. The number of rotatable bonds is 5.